The van der Waals surface area contributed by atoms with Crippen LogP contribution in [0.15, 0.2) is 0 Å². The minimum absolute atomic E-state index is 0.294. The highest BCUT2D eigenvalue weighted by atomic mass is 16.5. The average molecular weight is 279 g/mol. The summed E-state index contributed by atoms with van der Waals surface area (Å²) in [5.74, 6) is 7.97. The molecular weight excluding hydrogens is 254 g/mol. The van der Waals surface area contributed by atoms with Gasteiger partial charge in [-0.25, -0.2) is 15.8 Å². The smallest absolute Gasteiger partial charge is 0.148 e. The van der Waals surface area contributed by atoms with Gasteiger partial charge in [-0.2, -0.15) is 0 Å². The summed E-state index contributed by atoms with van der Waals surface area (Å²) in [7, 11) is 2.05. The lowest BCUT2D eigenvalue weighted by Crippen LogP contribution is -2.34. The lowest BCUT2D eigenvalue weighted by atomic mass is 10.1. The molecule has 6 nitrogen and oxygen atoms in total. The zero-order valence-electron chi connectivity index (χ0n) is 12.6. The number of hydrogen-bond donors (Lipinski definition) is 2. The first-order valence-electron chi connectivity index (χ1n) is 7.32. The van der Waals surface area contributed by atoms with Crippen molar-refractivity contribution >= 4 is 11.6 Å². The number of nitrogens with zero attached hydrogens (tertiary/aromatic N) is 3. The molecule has 1 saturated heterocycles. The molecule has 0 radical (unpaired) electrons. The molecule has 3 N–H and O–H groups in total. The maximum Gasteiger partial charge on any atom is 0.148 e. The molecule has 0 aliphatic carbocycles. The Labute approximate surface area is 120 Å². The summed E-state index contributed by atoms with van der Waals surface area (Å²) in [5.41, 5.74) is 3.63. The van der Waals surface area contributed by atoms with Crippen LogP contribution in [-0.2, 0) is 11.2 Å². The third-order valence-corrected chi connectivity index (χ3v) is 3.73. The van der Waals surface area contributed by atoms with Crippen molar-refractivity contribution in [2.75, 3.05) is 30.5 Å². The molecule has 1 aliphatic rings. The van der Waals surface area contributed by atoms with E-state index in [9.17, 15) is 0 Å². The van der Waals surface area contributed by atoms with E-state index in [-0.39, 0.29) is 0 Å². The summed E-state index contributed by atoms with van der Waals surface area (Å²) < 4.78 is 5.80. The molecule has 1 unspecified atom stereocenters. The molecule has 112 valence electrons. The molecule has 20 heavy (non-hydrogen) atoms. The number of aromatic nitrogens is 2. The fourth-order valence-corrected chi connectivity index (χ4v) is 2.56. The number of likely N-dealkylation sites (N-methyl/N-ethyl adjacent to an activating group) is 1. The number of nitrogen functional groups attached to an aromatic ring is 1. The predicted octanol–water partition coefficient (Wildman–Crippen LogP) is 1.64. The molecule has 0 aromatic carbocycles. The van der Waals surface area contributed by atoms with Crippen molar-refractivity contribution in [3.05, 3.63) is 11.4 Å². The van der Waals surface area contributed by atoms with Gasteiger partial charge in [0.2, 0.25) is 0 Å². The van der Waals surface area contributed by atoms with Gasteiger partial charge >= 0.3 is 0 Å². The number of nitrogens with one attached hydrogen (secondary N) is 1. The van der Waals surface area contributed by atoms with E-state index in [2.05, 4.69) is 20.3 Å². The summed E-state index contributed by atoms with van der Waals surface area (Å²) in [5, 5.41) is 0. The van der Waals surface area contributed by atoms with E-state index in [4.69, 9.17) is 10.6 Å². The van der Waals surface area contributed by atoms with Crippen LogP contribution in [0.2, 0.25) is 0 Å². The molecule has 0 bridgehead atoms. The van der Waals surface area contributed by atoms with E-state index >= 15 is 0 Å². The van der Waals surface area contributed by atoms with E-state index in [1.54, 1.807) is 0 Å². The molecule has 0 spiro atoms. The Bertz CT molecular complexity index is 445. The number of hydrogen-bond acceptors (Lipinski definition) is 6. The van der Waals surface area contributed by atoms with Gasteiger partial charge in [0.05, 0.1) is 6.10 Å². The zero-order valence-corrected chi connectivity index (χ0v) is 12.6. The topological polar surface area (TPSA) is 76.3 Å². The third kappa shape index (κ3) is 3.37. The molecule has 1 aromatic rings. The number of anilines is 2. The molecule has 0 amide bonds. The first-order chi connectivity index (χ1) is 9.65. The summed E-state index contributed by atoms with van der Waals surface area (Å²) in [6, 6.07) is 0. The van der Waals surface area contributed by atoms with E-state index in [1.807, 2.05) is 20.9 Å². The van der Waals surface area contributed by atoms with Gasteiger partial charge in [-0.05, 0) is 26.2 Å². The van der Waals surface area contributed by atoms with Crippen LogP contribution in [0.25, 0.3) is 0 Å². The first kappa shape index (κ1) is 15.0. The lowest BCUT2D eigenvalue weighted by Gasteiger charge is -2.29. The van der Waals surface area contributed by atoms with E-state index in [0.29, 0.717) is 11.9 Å². The van der Waals surface area contributed by atoms with Crippen LogP contribution in [0.5, 0.6) is 0 Å². The Balaban J connectivity index is 2.16. The van der Waals surface area contributed by atoms with E-state index in [1.165, 1.54) is 12.8 Å². The number of ether oxygens (including phenoxy) is 1. The Morgan fingerprint density at radius 1 is 1.40 bits per heavy atom. The maximum absolute atomic E-state index is 5.80. The van der Waals surface area contributed by atoms with Crippen molar-refractivity contribution in [2.45, 2.75) is 45.6 Å². The minimum atomic E-state index is 0.294. The number of hydrazine groups is 1. The highest BCUT2D eigenvalue weighted by Gasteiger charge is 2.19. The van der Waals surface area contributed by atoms with Gasteiger partial charge < -0.3 is 15.1 Å². The van der Waals surface area contributed by atoms with Crippen LogP contribution in [0.4, 0.5) is 11.6 Å². The standard InChI is InChI=1S/C14H25N5O/c1-4-12-16-13(18-15)10(2)14(17-12)19(3)9-11-7-5-6-8-20-11/h11H,4-9,15H2,1-3H3,(H,16,17,18). The fraction of sp³-hybridized carbons (Fsp3) is 0.714. The largest absolute Gasteiger partial charge is 0.376 e. The molecule has 2 rings (SSSR count). The highest BCUT2D eigenvalue weighted by Crippen LogP contribution is 2.24. The van der Waals surface area contributed by atoms with E-state index < -0.39 is 0 Å². The van der Waals surface area contributed by atoms with Gasteiger partial charge in [0.15, 0.2) is 0 Å². The summed E-state index contributed by atoms with van der Waals surface area (Å²) in [6.07, 6.45) is 4.63. The summed E-state index contributed by atoms with van der Waals surface area (Å²) in [4.78, 5) is 11.2. The van der Waals surface area contributed by atoms with E-state index in [0.717, 1.165) is 43.2 Å². The van der Waals surface area contributed by atoms with Crippen LogP contribution in [0.3, 0.4) is 0 Å². The molecule has 1 atom stereocenters. The normalized spacial score (nSPS) is 18.9. The minimum Gasteiger partial charge on any atom is -0.376 e. The quantitative estimate of drug-likeness (QED) is 0.630. The monoisotopic (exact) mass is 279 g/mol. The third-order valence-electron chi connectivity index (χ3n) is 3.73. The number of aryl methyl sites for hydroxylation is 1. The second-order valence-electron chi connectivity index (χ2n) is 5.30. The van der Waals surface area contributed by atoms with Gasteiger partial charge in [0.1, 0.15) is 17.5 Å². The Morgan fingerprint density at radius 2 is 2.20 bits per heavy atom. The SMILES string of the molecule is CCc1nc(NN)c(C)c(N(C)CC2CCCCO2)n1. The van der Waals surface area contributed by atoms with Gasteiger partial charge in [-0.3, -0.25) is 0 Å². The lowest BCUT2D eigenvalue weighted by molar-refractivity contribution is 0.0215. The molecular formula is C14H25N5O. The van der Waals surface area contributed by atoms with Crippen molar-refractivity contribution in [1.82, 2.24) is 9.97 Å². The number of rotatable bonds is 5. The van der Waals surface area contributed by atoms with Crippen LogP contribution in [0, 0.1) is 6.92 Å². The molecule has 1 fully saturated rings. The molecule has 0 saturated carbocycles. The maximum atomic E-state index is 5.80. The molecule has 6 heteroatoms. The van der Waals surface area contributed by atoms with Crippen LogP contribution in [-0.4, -0.2) is 36.3 Å². The van der Waals surface area contributed by atoms with Crippen molar-refractivity contribution in [1.29, 1.82) is 0 Å². The Kier molecular flexibility index (Phi) is 5.14. The zero-order chi connectivity index (χ0) is 14.5. The second-order valence-corrected chi connectivity index (χ2v) is 5.30. The van der Waals surface area contributed by atoms with Crippen LogP contribution in [0.1, 0.15) is 37.6 Å². The Morgan fingerprint density at radius 3 is 2.80 bits per heavy atom. The Hall–Kier alpha value is -1.40. The fourth-order valence-electron chi connectivity index (χ4n) is 2.56. The van der Waals surface area contributed by atoms with Crippen LogP contribution >= 0.6 is 0 Å². The van der Waals surface area contributed by atoms with Crippen molar-refractivity contribution in [2.24, 2.45) is 5.84 Å². The molecule has 1 aliphatic heterocycles. The summed E-state index contributed by atoms with van der Waals surface area (Å²) >= 11 is 0. The van der Waals surface area contributed by atoms with Gasteiger partial charge in [-0.1, -0.05) is 6.92 Å². The van der Waals surface area contributed by atoms with Gasteiger partial charge in [0.25, 0.3) is 0 Å². The second kappa shape index (κ2) is 6.85. The molecule has 1 aromatic heterocycles. The average Bonchev–Trinajstić information content (AvgIpc) is 2.48. The highest BCUT2D eigenvalue weighted by molar-refractivity contribution is 5.57. The van der Waals surface area contributed by atoms with Crippen molar-refractivity contribution in [3.63, 3.8) is 0 Å². The number of nitrogens with two attached hydrogens (primary N) is 1. The van der Waals surface area contributed by atoms with Gasteiger partial charge in [0, 0.05) is 32.2 Å². The predicted molar refractivity (Wildman–Crippen MR) is 80.8 cm³/mol. The summed E-state index contributed by atoms with van der Waals surface area (Å²) in [6.45, 7) is 5.75. The van der Waals surface area contributed by atoms with Crippen molar-refractivity contribution in [3.8, 4) is 0 Å². The molecule has 2 heterocycles. The first-order valence-corrected chi connectivity index (χ1v) is 7.32. The van der Waals surface area contributed by atoms with Gasteiger partial charge in [-0.15, -0.1) is 0 Å². The van der Waals surface area contributed by atoms with Crippen LogP contribution < -0.4 is 16.2 Å². The van der Waals surface area contributed by atoms with Crippen molar-refractivity contribution < 1.29 is 4.74 Å².